The molecule has 0 amide bonds. The fraction of sp³-hybridized carbons (Fsp3) is 0.625. The number of hydrogen-bond donors (Lipinski definition) is 1. The molecule has 2 aliphatic rings. The number of likely N-dealkylation sites (tertiary alicyclic amines) is 1. The summed E-state index contributed by atoms with van der Waals surface area (Å²) in [6.07, 6.45) is 2.74. The van der Waals surface area contributed by atoms with Gasteiger partial charge in [-0.15, -0.1) is 0 Å². The van der Waals surface area contributed by atoms with Crippen LogP contribution in [0.3, 0.4) is 0 Å². The van der Waals surface area contributed by atoms with E-state index in [1.807, 2.05) is 0 Å². The molecule has 1 aromatic carbocycles. The Hall–Kier alpha value is -0.860. The maximum Gasteiger partial charge on any atom is 0.0478 e. The number of fused-ring (bicyclic) bond motifs is 1. The number of nitrogens with one attached hydrogen (secondary N) is 1. The fourth-order valence-electron chi connectivity index (χ4n) is 3.58. The van der Waals surface area contributed by atoms with Crippen LogP contribution in [-0.2, 0) is 6.54 Å². The van der Waals surface area contributed by atoms with Gasteiger partial charge in [0.2, 0.25) is 0 Å². The summed E-state index contributed by atoms with van der Waals surface area (Å²) in [4.78, 5) is 2.72. The fourth-order valence-corrected chi connectivity index (χ4v) is 3.58. The molecule has 1 aromatic rings. The van der Waals surface area contributed by atoms with Crippen LogP contribution in [0.25, 0.3) is 0 Å². The number of rotatable bonds is 1. The van der Waals surface area contributed by atoms with Crippen molar-refractivity contribution in [2.75, 3.05) is 13.1 Å². The summed E-state index contributed by atoms with van der Waals surface area (Å²) in [5.74, 6) is 0.827. The van der Waals surface area contributed by atoms with Crippen molar-refractivity contribution in [3.05, 3.63) is 35.4 Å². The van der Waals surface area contributed by atoms with Gasteiger partial charge in [0.05, 0.1) is 0 Å². The number of piperidine rings is 1. The number of benzene rings is 1. The first-order valence-corrected chi connectivity index (χ1v) is 7.31. The molecular weight excluding hydrogens is 220 g/mol. The molecule has 1 saturated heterocycles. The zero-order valence-electron chi connectivity index (χ0n) is 11.5. The second-order valence-corrected chi connectivity index (χ2v) is 5.94. The molecule has 3 rings (SSSR count). The van der Waals surface area contributed by atoms with Crippen molar-refractivity contribution in [1.29, 1.82) is 0 Å². The first-order valence-electron chi connectivity index (χ1n) is 7.31. The van der Waals surface area contributed by atoms with Gasteiger partial charge in [-0.2, -0.15) is 0 Å². The van der Waals surface area contributed by atoms with E-state index in [0.717, 1.165) is 19.0 Å². The Bertz CT molecular complexity index is 415. The minimum Gasteiger partial charge on any atom is -0.311 e. The predicted octanol–water partition coefficient (Wildman–Crippen LogP) is 2.95. The maximum absolute atomic E-state index is 3.58. The van der Waals surface area contributed by atoms with Crippen molar-refractivity contribution < 1.29 is 0 Å². The van der Waals surface area contributed by atoms with Gasteiger partial charge in [0.1, 0.15) is 0 Å². The van der Waals surface area contributed by atoms with E-state index >= 15 is 0 Å². The second kappa shape index (κ2) is 5.02. The van der Waals surface area contributed by atoms with Crippen molar-refractivity contribution in [2.45, 2.75) is 45.3 Å². The molecule has 3 unspecified atom stereocenters. The Morgan fingerprint density at radius 1 is 1.22 bits per heavy atom. The number of hydrogen-bond acceptors (Lipinski definition) is 2. The molecule has 2 heteroatoms. The van der Waals surface area contributed by atoms with E-state index in [1.54, 1.807) is 5.56 Å². The standard InChI is InChI=1S/C16H24N2/c1-12-6-5-9-18(13(12)2)16-11-17-10-14-7-3-4-8-15(14)16/h3-4,7-8,12-13,16-17H,5-6,9-11H2,1-2H3. The van der Waals surface area contributed by atoms with E-state index in [-0.39, 0.29) is 0 Å². The minimum atomic E-state index is 0.577. The highest BCUT2D eigenvalue weighted by Crippen LogP contribution is 2.34. The third-order valence-corrected chi connectivity index (χ3v) is 4.89. The molecule has 0 spiro atoms. The zero-order valence-corrected chi connectivity index (χ0v) is 11.5. The maximum atomic E-state index is 3.58. The summed E-state index contributed by atoms with van der Waals surface area (Å²) in [6.45, 7) is 8.20. The van der Waals surface area contributed by atoms with E-state index in [9.17, 15) is 0 Å². The molecule has 0 aromatic heterocycles. The molecule has 3 atom stereocenters. The van der Waals surface area contributed by atoms with Crippen LogP contribution >= 0.6 is 0 Å². The molecule has 0 radical (unpaired) electrons. The normalized spacial score (nSPS) is 33.1. The molecule has 1 N–H and O–H groups in total. The zero-order chi connectivity index (χ0) is 12.5. The van der Waals surface area contributed by atoms with Crippen LogP contribution < -0.4 is 5.32 Å². The van der Waals surface area contributed by atoms with Gasteiger partial charge in [0.15, 0.2) is 0 Å². The molecule has 2 aliphatic heterocycles. The molecule has 0 saturated carbocycles. The van der Waals surface area contributed by atoms with Crippen molar-refractivity contribution in [2.24, 2.45) is 5.92 Å². The highest BCUT2D eigenvalue weighted by molar-refractivity contribution is 5.32. The molecule has 98 valence electrons. The highest BCUT2D eigenvalue weighted by Gasteiger charge is 2.33. The lowest BCUT2D eigenvalue weighted by molar-refractivity contribution is 0.0636. The smallest absolute Gasteiger partial charge is 0.0478 e. The van der Waals surface area contributed by atoms with E-state index in [4.69, 9.17) is 0 Å². The van der Waals surface area contributed by atoms with Crippen LogP contribution in [0, 0.1) is 5.92 Å². The van der Waals surface area contributed by atoms with Crippen LogP contribution in [0.2, 0.25) is 0 Å². The van der Waals surface area contributed by atoms with E-state index in [0.29, 0.717) is 12.1 Å². The highest BCUT2D eigenvalue weighted by atomic mass is 15.2. The average Bonchev–Trinajstić information content (AvgIpc) is 2.41. The van der Waals surface area contributed by atoms with Gasteiger partial charge in [-0.1, -0.05) is 31.2 Å². The largest absolute Gasteiger partial charge is 0.311 e. The van der Waals surface area contributed by atoms with Gasteiger partial charge in [-0.25, -0.2) is 0 Å². The van der Waals surface area contributed by atoms with Crippen LogP contribution in [-0.4, -0.2) is 24.0 Å². The summed E-state index contributed by atoms with van der Waals surface area (Å²) in [7, 11) is 0. The predicted molar refractivity (Wildman–Crippen MR) is 75.5 cm³/mol. The van der Waals surface area contributed by atoms with Crippen molar-refractivity contribution in [3.63, 3.8) is 0 Å². The third-order valence-electron chi connectivity index (χ3n) is 4.89. The summed E-state index contributed by atoms with van der Waals surface area (Å²) < 4.78 is 0. The van der Waals surface area contributed by atoms with Crippen LogP contribution in [0.5, 0.6) is 0 Å². The molecular formula is C16H24N2. The molecule has 2 nitrogen and oxygen atoms in total. The molecule has 1 fully saturated rings. The average molecular weight is 244 g/mol. The SMILES string of the molecule is CC1CCCN(C2CNCc3ccccc32)C1C. The third kappa shape index (κ3) is 2.08. The lowest BCUT2D eigenvalue weighted by Gasteiger charge is -2.45. The Balaban J connectivity index is 1.89. The molecule has 18 heavy (non-hydrogen) atoms. The summed E-state index contributed by atoms with van der Waals surface area (Å²) in [5.41, 5.74) is 3.04. The van der Waals surface area contributed by atoms with Gasteiger partial charge in [0.25, 0.3) is 0 Å². The lowest BCUT2D eigenvalue weighted by Crippen LogP contribution is -2.48. The molecule has 0 bridgehead atoms. The monoisotopic (exact) mass is 244 g/mol. The van der Waals surface area contributed by atoms with Crippen LogP contribution in [0.4, 0.5) is 0 Å². The van der Waals surface area contributed by atoms with Crippen LogP contribution in [0.15, 0.2) is 24.3 Å². The van der Waals surface area contributed by atoms with Crippen molar-refractivity contribution >= 4 is 0 Å². The van der Waals surface area contributed by atoms with E-state index in [2.05, 4.69) is 48.3 Å². The lowest BCUT2D eigenvalue weighted by atomic mass is 9.87. The van der Waals surface area contributed by atoms with Gasteiger partial charge >= 0.3 is 0 Å². The Labute approximate surface area is 110 Å². The topological polar surface area (TPSA) is 15.3 Å². The van der Waals surface area contributed by atoms with Gasteiger partial charge in [-0.05, 0) is 43.4 Å². The first-order chi connectivity index (χ1) is 8.77. The van der Waals surface area contributed by atoms with E-state index in [1.165, 1.54) is 24.9 Å². The quantitative estimate of drug-likeness (QED) is 0.817. The molecule has 2 heterocycles. The summed E-state index contributed by atoms with van der Waals surface area (Å²) in [6, 6.07) is 10.2. The van der Waals surface area contributed by atoms with Gasteiger partial charge in [0, 0.05) is 25.2 Å². The summed E-state index contributed by atoms with van der Waals surface area (Å²) >= 11 is 0. The number of nitrogens with zero attached hydrogens (tertiary/aromatic N) is 1. The minimum absolute atomic E-state index is 0.577. The van der Waals surface area contributed by atoms with Gasteiger partial charge in [-0.3, -0.25) is 4.90 Å². The van der Waals surface area contributed by atoms with Crippen LogP contribution in [0.1, 0.15) is 43.9 Å². The Kier molecular flexibility index (Phi) is 3.40. The van der Waals surface area contributed by atoms with E-state index < -0.39 is 0 Å². The van der Waals surface area contributed by atoms with Gasteiger partial charge < -0.3 is 5.32 Å². The van der Waals surface area contributed by atoms with Crippen molar-refractivity contribution in [3.8, 4) is 0 Å². The Morgan fingerprint density at radius 2 is 2.06 bits per heavy atom. The first kappa shape index (κ1) is 12.2. The second-order valence-electron chi connectivity index (χ2n) is 5.94. The van der Waals surface area contributed by atoms with Crippen molar-refractivity contribution in [1.82, 2.24) is 10.2 Å². The molecule has 0 aliphatic carbocycles. The Morgan fingerprint density at radius 3 is 2.94 bits per heavy atom. The summed E-state index contributed by atoms with van der Waals surface area (Å²) in [5, 5.41) is 3.58.